The zero-order valence-electron chi connectivity index (χ0n) is 11.2. The summed E-state index contributed by atoms with van der Waals surface area (Å²) in [5.74, 6) is 0. The van der Waals surface area contributed by atoms with Crippen molar-refractivity contribution < 1.29 is 22.7 Å². The lowest BCUT2D eigenvalue weighted by atomic mass is 10.2. The number of nitrogens with zero attached hydrogens (tertiary/aromatic N) is 1. The number of alkyl halides is 3. The number of urea groups is 1. The highest BCUT2D eigenvalue weighted by Crippen LogP contribution is 2.30. The molecule has 8 heteroatoms. The Labute approximate surface area is 119 Å². The normalized spacial score (nSPS) is 19.4. The monoisotopic (exact) mass is 303 g/mol. The summed E-state index contributed by atoms with van der Waals surface area (Å²) in [6, 6.07) is 4.05. The van der Waals surface area contributed by atoms with Gasteiger partial charge in [0.05, 0.1) is 18.3 Å². The fourth-order valence-corrected chi connectivity index (χ4v) is 2.02. The van der Waals surface area contributed by atoms with Crippen LogP contribution in [0, 0.1) is 0 Å². The minimum Gasteiger partial charge on any atom is -0.373 e. The first kappa shape index (κ1) is 15.6. The molecule has 1 atom stereocenters. The van der Waals surface area contributed by atoms with Gasteiger partial charge in [-0.3, -0.25) is 0 Å². The number of benzene rings is 1. The molecule has 0 saturated carbocycles. The summed E-state index contributed by atoms with van der Waals surface area (Å²) >= 11 is 0. The van der Waals surface area contributed by atoms with E-state index in [9.17, 15) is 18.0 Å². The first-order valence-corrected chi connectivity index (χ1v) is 6.45. The average Bonchev–Trinajstić information content (AvgIpc) is 2.46. The Kier molecular flexibility index (Phi) is 4.69. The molecule has 5 nitrogen and oxygen atoms in total. The highest BCUT2D eigenvalue weighted by atomic mass is 19.4. The second-order valence-electron chi connectivity index (χ2n) is 4.68. The first-order chi connectivity index (χ1) is 9.90. The van der Waals surface area contributed by atoms with Crippen LogP contribution in [0.4, 0.5) is 23.7 Å². The van der Waals surface area contributed by atoms with Crippen LogP contribution in [0.25, 0.3) is 0 Å². The molecule has 1 aliphatic heterocycles. The third-order valence-electron chi connectivity index (χ3n) is 3.13. The SMILES string of the molecule is NCC1CN(C(=O)Nc2cccc(C(F)(F)F)c2)CCO1. The maximum atomic E-state index is 12.6. The fourth-order valence-electron chi connectivity index (χ4n) is 2.02. The van der Waals surface area contributed by atoms with Gasteiger partial charge in [-0.15, -0.1) is 0 Å². The lowest BCUT2D eigenvalue weighted by Gasteiger charge is -2.32. The van der Waals surface area contributed by atoms with E-state index in [2.05, 4.69) is 5.32 Å². The number of rotatable bonds is 2. The molecule has 1 aromatic carbocycles. The molecule has 1 unspecified atom stereocenters. The summed E-state index contributed by atoms with van der Waals surface area (Å²) < 4.78 is 43.1. The minimum absolute atomic E-state index is 0.102. The van der Waals surface area contributed by atoms with Gasteiger partial charge in [0, 0.05) is 25.3 Å². The zero-order chi connectivity index (χ0) is 15.5. The van der Waals surface area contributed by atoms with E-state index < -0.39 is 17.8 Å². The van der Waals surface area contributed by atoms with Crippen molar-refractivity contribution in [3.8, 4) is 0 Å². The lowest BCUT2D eigenvalue weighted by molar-refractivity contribution is -0.137. The van der Waals surface area contributed by atoms with Gasteiger partial charge in [0.1, 0.15) is 0 Å². The fraction of sp³-hybridized carbons (Fsp3) is 0.462. The molecule has 2 amide bonds. The van der Waals surface area contributed by atoms with Crippen LogP contribution < -0.4 is 11.1 Å². The van der Waals surface area contributed by atoms with Crippen LogP contribution >= 0.6 is 0 Å². The Morgan fingerprint density at radius 2 is 2.24 bits per heavy atom. The Morgan fingerprint density at radius 3 is 2.90 bits per heavy atom. The van der Waals surface area contributed by atoms with Gasteiger partial charge in [-0.25, -0.2) is 4.79 Å². The van der Waals surface area contributed by atoms with Gasteiger partial charge in [0.15, 0.2) is 0 Å². The number of morpholine rings is 1. The van der Waals surface area contributed by atoms with Crippen LogP contribution in [-0.2, 0) is 10.9 Å². The number of halogens is 3. The Morgan fingerprint density at radius 1 is 1.48 bits per heavy atom. The van der Waals surface area contributed by atoms with Crippen molar-refractivity contribution in [2.75, 3.05) is 31.6 Å². The summed E-state index contributed by atoms with van der Waals surface area (Å²) in [4.78, 5) is 13.5. The molecule has 3 N–H and O–H groups in total. The maximum absolute atomic E-state index is 12.6. The lowest BCUT2D eigenvalue weighted by Crippen LogP contribution is -2.49. The van der Waals surface area contributed by atoms with Crippen molar-refractivity contribution in [3.63, 3.8) is 0 Å². The van der Waals surface area contributed by atoms with E-state index in [1.165, 1.54) is 17.0 Å². The molecule has 2 rings (SSSR count). The predicted molar refractivity (Wildman–Crippen MR) is 70.8 cm³/mol. The van der Waals surface area contributed by atoms with E-state index >= 15 is 0 Å². The Balaban J connectivity index is 2.02. The average molecular weight is 303 g/mol. The van der Waals surface area contributed by atoms with Crippen molar-refractivity contribution in [1.29, 1.82) is 0 Å². The molecule has 1 aliphatic rings. The van der Waals surface area contributed by atoms with Crippen molar-refractivity contribution >= 4 is 11.7 Å². The Bertz CT molecular complexity index is 508. The number of amides is 2. The van der Waals surface area contributed by atoms with Crippen molar-refractivity contribution in [2.24, 2.45) is 5.73 Å². The molecule has 0 aliphatic carbocycles. The molecule has 1 fully saturated rings. The number of nitrogens with two attached hydrogens (primary N) is 1. The van der Waals surface area contributed by atoms with Gasteiger partial charge in [0.25, 0.3) is 0 Å². The number of carbonyl (C=O) groups is 1. The van der Waals surface area contributed by atoms with Crippen LogP contribution in [0.2, 0.25) is 0 Å². The molecule has 0 radical (unpaired) electrons. The van der Waals surface area contributed by atoms with Crippen molar-refractivity contribution in [3.05, 3.63) is 29.8 Å². The molecular weight excluding hydrogens is 287 g/mol. The summed E-state index contributed by atoms with van der Waals surface area (Å²) in [7, 11) is 0. The maximum Gasteiger partial charge on any atom is 0.416 e. The summed E-state index contributed by atoms with van der Waals surface area (Å²) in [6.07, 6.45) is -4.68. The zero-order valence-corrected chi connectivity index (χ0v) is 11.2. The minimum atomic E-state index is -4.44. The third-order valence-corrected chi connectivity index (χ3v) is 3.13. The van der Waals surface area contributed by atoms with Gasteiger partial charge in [-0.2, -0.15) is 13.2 Å². The first-order valence-electron chi connectivity index (χ1n) is 6.45. The van der Waals surface area contributed by atoms with Crippen LogP contribution in [0.5, 0.6) is 0 Å². The van der Waals surface area contributed by atoms with E-state index in [0.29, 0.717) is 19.7 Å². The molecule has 1 saturated heterocycles. The van der Waals surface area contributed by atoms with Gasteiger partial charge >= 0.3 is 12.2 Å². The molecule has 21 heavy (non-hydrogen) atoms. The molecule has 1 heterocycles. The van der Waals surface area contributed by atoms with E-state index in [1.54, 1.807) is 0 Å². The number of ether oxygens (including phenoxy) is 1. The predicted octanol–water partition coefficient (Wildman–Crippen LogP) is 1.90. The third kappa shape index (κ3) is 4.08. The number of anilines is 1. The van der Waals surface area contributed by atoms with Gasteiger partial charge in [-0.1, -0.05) is 6.07 Å². The number of hydrogen-bond donors (Lipinski definition) is 2. The molecule has 116 valence electrons. The van der Waals surface area contributed by atoms with Crippen molar-refractivity contribution in [1.82, 2.24) is 4.90 Å². The topological polar surface area (TPSA) is 67.6 Å². The number of nitrogens with one attached hydrogen (secondary N) is 1. The van der Waals surface area contributed by atoms with E-state index in [0.717, 1.165) is 12.1 Å². The largest absolute Gasteiger partial charge is 0.416 e. The van der Waals surface area contributed by atoms with E-state index in [-0.39, 0.29) is 18.3 Å². The smallest absolute Gasteiger partial charge is 0.373 e. The summed E-state index contributed by atoms with van der Waals surface area (Å²) in [6.45, 7) is 1.34. The van der Waals surface area contributed by atoms with Crippen LogP contribution in [0.3, 0.4) is 0 Å². The molecular formula is C13H16F3N3O2. The van der Waals surface area contributed by atoms with Crippen LogP contribution in [0.1, 0.15) is 5.56 Å². The number of hydrogen-bond acceptors (Lipinski definition) is 3. The highest BCUT2D eigenvalue weighted by molar-refractivity contribution is 5.89. The number of carbonyl (C=O) groups excluding carboxylic acids is 1. The van der Waals surface area contributed by atoms with Crippen LogP contribution in [0.15, 0.2) is 24.3 Å². The van der Waals surface area contributed by atoms with Crippen molar-refractivity contribution in [2.45, 2.75) is 12.3 Å². The second-order valence-corrected chi connectivity index (χ2v) is 4.68. The van der Waals surface area contributed by atoms with E-state index in [4.69, 9.17) is 10.5 Å². The molecule has 0 aromatic heterocycles. The van der Waals surface area contributed by atoms with Gasteiger partial charge < -0.3 is 20.7 Å². The van der Waals surface area contributed by atoms with E-state index in [1.807, 2.05) is 0 Å². The molecule has 0 spiro atoms. The highest BCUT2D eigenvalue weighted by Gasteiger charge is 2.30. The van der Waals surface area contributed by atoms with Gasteiger partial charge in [-0.05, 0) is 18.2 Å². The second kappa shape index (κ2) is 6.31. The molecule has 0 bridgehead atoms. The standard InChI is InChI=1S/C13H16F3N3O2/c14-13(15,16)9-2-1-3-10(6-9)18-12(20)19-4-5-21-11(7-17)8-19/h1-3,6,11H,4-5,7-8,17H2,(H,18,20). The molecule has 1 aromatic rings. The van der Waals surface area contributed by atoms with Crippen LogP contribution in [-0.4, -0.2) is 43.3 Å². The summed E-state index contributed by atoms with van der Waals surface area (Å²) in [5, 5.41) is 2.46. The Hall–Kier alpha value is -1.80. The summed E-state index contributed by atoms with van der Waals surface area (Å²) in [5.41, 5.74) is 4.78. The van der Waals surface area contributed by atoms with Gasteiger partial charge in [0.2, 0.25) is 0 Å². The quantitative estimate of drug-likeness (QED) is 0.877.